The van der Waals surface area contributed by atoms with Crippen LogP contribution in [0, 0.1) is 6.92 Å². The predicted octanol–water partition coefficient (Wildman–Crippen LogP) is 3.96. The zero-order valence-corrected chi connectivity index (χ0v) is 19.3. The fraction of sp³-hybridized carbons (Fsp3) is 0.429. The maximum Gasteiger partial charge on any atom is 0.191 e. The molecular formula is C21H32IN5O. The van der Waals surface area contributed by atoms with Gasteiger partial charge in [-0.1, -0.05) is 18.2 Å². The van der Waals surface area contributed by atoms with Crippen molar-refractivity contribution < 1.29 is 4.74 Å². The molecule has 0 fully saturated rings. The number of ether oxygens (including phenoxy) is 1. The van der Waals surface area contributed by atoms with Gasteiger partial charge in [-0.05, 0) is 50.5 Å². The molecule has 0 aliphatic heterocycles. The summed E-state index contributed by atoms with van der Waals surface area (Å²) < 4.78 is 5.46. The Kier molecular flexibility index (Phi) is 12.0. The second-order valence-electron chi connectivity index (χ2n) is 6.29. The number of hydrogen-bond donors (Lipinski definition) is 3. The van der Waals surface area contributed by atoms with Crippen LogP contribution >= 0.6 is 24.0 Å². The predicted molar refractivity (Wildman–Crippen MR) is 128 cm³/mol. The fourth-order valence-electron chi connectivity index (χ4n) is 2.63. The smallest absolute Gasteiger partial charge is 0.191 e. The minimum Gasteiger partial charge on any atom is -0.496 e. The lowest BCUT2D eigenvalue weighted by atomic mass is 10.1. The van der Waals surface area contributed by atoms with Gasteiger partial charge in [0.25, 0.3) is 0 Å². The zero-order chi connectivity index (χ0) is 19.3. The normalized spacial score (nSPS) is 10.8. The number of hydrogen-bond acceptors (Lipinski definition) is 4. The average molecular weight is 497 g/mol. The molecule has 0 aliphatic rings. The summed E-state index contributed by atoms with van der Waals surface area (Å²) in [6.45, 7) is 7.33. The fourth-order valence-corrected chi connectivity index (χ4v) is 2.63. The molecule has 0 unspecified atom stereocenters. The molecule has 1 aromatic heterocycles. The van der Waals surface area contributed by atoms with Gasteiger partial charge in [-0.3, -0.25) is 0 Å². The third-order valence-corrected chi connectivity index (χ3v) is 4.06. The van der Waals surface area contributed by atoms with Gasteiger partial charge in [0.2, 0.25) is 0 Å². The third-order valence-electron chi connectivity index (χ3n) is 4.06. The second kappa shape index (κ2) is 14.0. The Morgan fingerprint density at radius 2 is 1.93 bits per heavy atom. The van der Waals surface area contributed by atoms with Crippen molar-refractivity contribution in [3.05, 3.63) is 53.7 Å². The van der Waals surface area contributed by atoms with E-state index in [1.807, 2.05) is 24.3 Å². The molecule has 1 aromatic carbocycles. The molecule has 0 radical (unpaired) electrons. The Bertz CT molecular complexity index is 709. The monoisotopic (exact) mass is 497 g/mol. The molecule has 0 atom stereocenters. The number of aryl methyl sites for hydroxylation is 1. The van der Waals surface area contributed by atoms with Gasteiger partial charge in [0.15, 0.2) is 5.96 Å². The highest BCUT2D eigenvalue weighted by atomic mass is 127. The molecule has 28 heavy (non-hydrogen) atoms. The number of aromatic nitrogens is 1. The zero-order valence-electron chi connectivity index (χ0n) is 17.0. The maximum absolute atomic E-state index is 5.46. The number of nitrogens with one attached hydrogen (secondary N) is 3. The summed E-state index contributed by atoms with van der Waals surface area (Å²) in [7, 11) is 1.70. The van der Waals surface area contributed by atoms with E-state index in [1.165, 1.54) is 5.56 Å². The van der Waals surface area contributed by atoms with Crippen molar-refractivity contribution in [3.8, 4) is 5.75 Å². The van der Waals surface area contributed by atoms with E-state index in [-0.39, 0.29) is 24.0 Å². The van der Waals surface area contributed by atoms with Crippen LogP contribution in [0.2, 0.25) is 0 Å². The minimum atomic E-state index is 0. The number of pyridine rings is 1. The van der Waals surface area contributed by atoms with Crippen molar-refractivity contribution in [2.45, 2.75) is 33.2 Å². The number of nitrogens with zero attached hydrogens (tertiary/aromatic N) is 2. The topological polar surface area (TPSA) is 70.6 Å². The van der Waals surface area contributed by atoms with Crippen molar-refractivity contribution in [1.82, 2.24) is 15.6 Å². The highest BCUT2D eigenvalue weighted by Gasteiger charge is 2.03. The number of methoxy groups -OCH3 is 1. The van der Waals surface area contributed by atoms with Gasteiger partial charge in [-0.15, -0.1) is 24.0 Å². The van der Waals surface area contributed by atoms with E-state index >= 15 is 0 Å². The Balaban J connectivity index is 0.00000392. The van der Waals surface area contributed by atoms with Gasteiger partial charge < -0.3 is 20.7 Å². The largest absolute Gasteiger partial charge is 0.496 e. The van der Waals surface area contributed by atoms with Gasteiger partial charge in [-0.2, -0.15) is 0 Å². The molecule has 0 amide bonds. The highest BCUT2D eigenvalue weighted by molar-refractivity contribution is 14.0. The van der Waals surface area contributed by atoms with Crippen LogP contribution in [-0.2, 0) is 6.54 Å². The lowest BCUT2D eigenvalue weighted by Gasteiger charge is -2.12. The highest BCUT2D eigenvalue weighted by Crippen LogP contribution is 2.20. The average Bonchev–Trinajstić information content (AvgIpc) is 2.70. The summed E-state index contributed by atoms with van der Waals surface area (Å²) in [6.07, 6.45) is 3.92. The summed E-state index contributed by atoms with van der Waals surface area (Å²) in [5, 5.41) is 10.0. The number of unbranched alkanes of at least 4 members (excludes halogenated alkanes) is 1. The number of aliphatic imine (C=N–C) groups is 1. The molecule has 0 saturated heterocycles. The quantitative estimate of drug-likeness (QED) is 0.201. The van der Waals surface area contributed by atoms with Crippen LogP contribution in [0.1, 0.15) is 30.9 Å². The van der Waals surface area contributed by atoms with Crippen LogP contribution in [0.15, 0.2) is 47.6 Å². The van der Waals surface area contributed by atoms with Gasteiger partial charge in [-0.25, -0.2) is 9.98 Å². The third kappa shape index (κ3) is 8.77. The van der Waals surface area contributed by atoms with E-state index in [9.17, 15) is 0 Å². The molecule has 3 N–H and O–H groups in total. The number of anilines is 1. The van der Waals surface area contributed by atoms with Crippen LogP contribution < -0.4 is 20.7 Å². The van der Waals surface area contributed by atoms with E-state index in [2.05, 4.69) is 51.9 Å². The molecule has 154 valence electrons. The van der Waals surface area contributed by atoms with Crippen molar-refractivity contribution in [3.63, 3.8) is 0 Å². The van der Waals surface area contributed by atoms with E-state index in [0.29, 0.717) is 6.54 Å². The lowest BCUT2D eigenvalue weighted by molar-refractivity contribution is 0.409. The first-order valence-corrected chi connectivity index (χ1v) is 9.53. The summed E-state index contributed by atoms with van der Waals surface area (Å²) in [5.74, 6) is 2.64. The molecule has 0 bridgehead atoms. The summed E-state index contributed by atoms with van der Waals surface area (Å²) in [4.78, 5) is 8.93. The summed E-state index contributed by atoms with van der Waals surface area (Å²) >= 11 is 0. The van der Waals surface area contributed by atoms with Crippen LogP contribution in [0.4, 0.5) is 5.82 Å². The Morgan fingerprint density at radius 1 is 1.11 bits per heavy atom. The number of rotatable bonds is 10. The number of benzene rings is 1. The van der Waals surface area contributed by atoms with Gasteiger partial charge in [0.05, 0.1) is 13.7 Å². The molecule has 2 rings (SSSR count). The maximum atomic E-state index is 5.46. The molecule has 7 heteroatoms. The molecule has 1 heterocycles. The van der Waals surface area contributed by atoms with Gasteiger partial charge in [0, 0.05) is 31.4 Å². The van der Waals surface area contributed by atoms with Crippen LogP contribution in [-0.4, -0.2) is 37.7 Å². The molecule has 0 spiro atoms. The van der Waals surface area contributed by atoms with E-state index < -0.39 is 0 Å². The van der Waals surface area contributed by atoms with Gasteiger partial charge >= 0.3 is 0 Å². The van der Waals surface area contributed by atoms with Crippen LogP contribution in [0.3, 0.4) is 0 Å². The number of guanidine groups is 1. The SMILES string of the molecule is CCNC(=NCc1ccc(C)cc1OC)NCCCCNc1ccccn1.I. The van der Waals surface area contributed by atoms with Crippen molar-refractivity contribution in [2.75, 3.05) is 32.1 Å². The standard InChI is InChI=1S/C21H31N5O.HI/c1-4-22-21(26-16-18-11-10-17(2)15-19(18)27-3)25-14-8-7-13-24-20-9-5-6-12-23-20;/h5-6,9-12,15H,4,7-8,13-14,16H2,1-3H3,(H,23,24)(H2,22,25,26);1H. The summed E-state index contributed by atoms with van der Waals surface area (Å²) in [5.41, 5.74) is 2.27. The van der Waals surface area contributed by atoms with Crippen LogP contribution in [0.5, 0.6) is 5.75 Å². The lowest BCUT2D eigenvalue weighted by Crippen LogP contribution is -2.37. The number of halogens is 1. The van der Waals surface area contributed by atoms with Crippen molar-refractivity contribution in [1.29, 1.82) is 0 Å². The first-order valence-electron chi connectivity index (χ1n) is 9.53. The van der Waals surface area contributed by atoms with E-state index in [1.54, 1.807) is 13.3 Å². The molecule has 0 aliphatic carbocycles. The van der Waals surface area contributed by atoms with Gasteiger partial charge in [0.1, 0.15) is 11.6 Å². The minimum absolute atomic E-state index is 0. The Labute approximate surface area is 185 Å². The van der Waals surface area contributed by atoms with E-state index in [0.717, 1.165) is 55.6 Å². The van der Waals surface area contributed by atoms with E-state index in [4.69, 9.17) is 4.74 Å². The van der Waals surface area contributed by atoms with Crippen molar-refractivity contribution in [2.24, 2.45) is 4.99 Å². The molecule has 0 saturated carbocycles. The molecule has 2 aromatic rings. The van der Waals surface area contributed by atoms with Crippen LogP contribution in [0.25, 0.3) is 0 Å². The van der Waals surface area contributed by atoms with Crippen molar-refractivity contribution >= 4 is 35.8 Å². The Hall–Kier alpha value is -2.03. The molecule has 6 nitrogen and oxygen atoms in total. The Morgan fingerprint density at radius 3 is 2.64 bits per heavy atom. The first-order chi connectivity index (χ1) is 13.2. The first kappa shape index (κ1) is 24.0. The molecular weight excluding hydrogens is 465 g/mol. The second-order valence-corrected chi connectivity index (χ2v) is 6.29. The summed E-state index contributed by atoms with van der Waals surface area (Å²) in [6, 6.07) is 12.1.